The molecular formula is C11H12BrFO3S. The molecule has 0 saturated heterocycles. The molecule has 0 radical (unpaired) electrons. The van der Waals surface area contributed by atoms with E-state index in [1.807, 2.05) is 0 Å². The number of hydrogen-bond donors (Lipinski definition) is 1. The Kier molecular flexibility index (Phi) is 5.94. The number of carbonyl (C=O) groups is 1. The molecule has 0 saturated carbocycles. The average molecular weight is 323 g/mol. The second kappa shape index (κ2) is 6.98. The molecule has 0 atom stereocenters. The predicted octanol–water partition coefficient (Wildman–Crippen LogP) is 2.74. The Morgan fingerprint density at radius 3 is 2.88 bits per heavy atom. The van der Waals surface area contributed by atoms with Crippen LogP contribution in [0.15, 0.2) is 21.5 Å². The van der Waals surface area contributed by atoms with Crippen LogP contribution in [0.1, 0.15) is 12.5 Å². The molecule has 0 amide bonds. The Labute approximate surface area is 111 Å². The number of esters is 1. The molecule has 0 aliphatic heterocycles. The molecule has 17 heavy (non-hydrogen) atoms. The predicted molar refractivity (Wildman–Crippen MR) is 67.4 cm³/mol. The van der Waals surface area contributed by atoms with E-state index in [4.69, 9.17) is 9.84 Å². The van der Waals surface area contributed by atoms with Crippen molar-refractivity contribution in [3.63, 3.8) is 0 Å². The summed E-state index contributed by atoms with van der Waals surface area (Å²) in [4.78, 5) is 11.7. The third-order valence-electron chi connectivity index (χ3n) is 1.93. The lowest BCUT2D eigenvalue weighted by Crippen LogP contribution is -2.07. The fourth-order valence-corrected chi connectivity index (χ4v) is 2.69. The first-order chi connectivity index (χ1) is 8.08. The molecule has 0 heterocycles. The second-order valence-corrected chi connectivity index (χ2v) is 5.05. The minimum absolute atomic E-state index is 0.0940. The first-order valence-corrected chi connectivity index (χ1v) is 6.73. The molecule has 6 heteroatoms. The lowest BCUT2D eigenvalue weighted by Gasteiger charge is -2.08. The van der Waals surface area contributed by atoms with Gasteiger partial charge in [-0.05, 0) is 19.1 Å². The largest absolute Gasteiger partial charge is 0.465 e. The van der Waals surface area contributed by atoms with Crippen molar-refractivity contribution in [2.45, 2.75) is 18.4 Å². The topological polar surface area (TPSA) is 46.5 Å². The summed E-state index contributed by atoms with van der Waals surface area (Å²) in [5.74, 6) is -0.758. The number of hydrogen-bond acceptors (Lipinski definition) is 4. The smallest absolute Gasteiger partial charge is 0.316 e. The van der Waals surface area contributed by atoms with Gasteiger partial charge in [0.1, 0.15) is 5.82 Å². The van der Waals surface area contributed by atoms with Crippen LogP contribution in [0.25, 0.3) is 0 Å². The normalized spacial score (nSPS) is 10.4. The van der Waals surface area contributed by atoms with Gasteiger partial charge in [0.15, 0.2) is 0 Å². The van der Waals surface area contributed by atoms with Gasteiger partial charge in [0.05, 0.1) is 19.0 Å². The van der Waals surface area contributed by atoms with E-state index in [0.29, 0.717) is 16.0 Å². The quantitative estimate of drug-likeness (QED) is 0.669. The molecule has 0 bridgehead atoms. The van der Waals surface area contributed by atoms with E-state index >= 15 is 0 Å². The van der Waals surface area contributed by atoms with Crippen LogP contribution in [0.3, 0.4) is 0 Å². The molecule has 0 aliphatic rings. The van der Waals surface area contributed by atoms with Crippen LogP contribution < -0.4 is 0 Å². The molecule has 0 aromatic heterocycles. The van der Waals surface area contributed by atoms with Crippen LogP contribution in [-0.4, -0.2) is 23.4 Å². The fourth-order valence-electron chi connectivity index (χ4n) is 1.20. The molecule has 3 nitrogen and oxygen atoms in total. The highest BCUT2D eigenvalue weighted by Gasteiger charge is 2.12. The summed E-state index contributed by atoms with van der Waals surface area (Å²) < 4.78 is 18.8. The van der Waals surface area contributed by atoms with E-state index in [2.05, 4.69) is 15.9 Å². The molecule has 0 unspecified atom stereocenters. The van der Waals surface area contributed by atoms with Crippen molar-refractivity contribution in [2.24, 2.45) is 0 Å². The summed E-state index contributed by atoms with van der Waals surface area (Å²) in [5, 5.41) is 9.07. The monoisotopic (exact) mass is 322 g/mol. The zero-order valence-electron chi connectivity index (χ0n) is 9.20. The maximum atomic E-state index is 13.5. The van der Waals surface area contributed by atoms with Crippen molar-refractivity contribution in [3.8, 4) is 0 Å². The number of rotatable bonds is 5. The second-order valence-electron chi connectivity index (χ2n) is 3.12. The number of thioether (sulfide) groups is 1. The van der Waals surface area contributed by atoms with E-state index in [9.17, 15) is 9.18 Å². The summed E-state index contributed by atoms with van der Waals surface area (Å²) in [6.07, 6.45) is 0. The summed E-state index contributed by atoms with van der Waals surface area (Å²) in [7, 11) is 0. The first-order valence-electron chi connectivity index (χ1n) is 4.95. The number of aliphatic hydroxyl groups is 1. The van der Waals surface area contributed by atoms with Gasteiger partial charge in [0.25, 0.3) is 0 Å². The molecule has 1 N–H and O–H groups in total. The van der Waals surface area contributed by atoms with Crippen molar-refractivity contribution >= 4 is 33.7 Å². The molecule has 94 valence electrons. The number of benzene rings is 1. The van der Waals surface area contributed by atoms with Crippen LogP contribution in [0.4, 0.5) is 4.39 Å². The molecule has 0 aliphatic carbocycles. The molecule has 0 fully saturated rings. The molecule has 1 aromatic carbocycles. The van der Waals surface area contributed by atoms with E-state index < -0.39 is 12.4 Å². The summed E-state index contributed by atoms with van der Waals surface area (Å²) >= 11 is 4.31. The van der Waals surface area contributed by atoms with Gasteiger partial charge in [0.2, 0.25) is 0 Å². The Balaban J connectivity index is 2.79. The van der Waals surface area contributed by atoms with Crippen molar-refractivity contribution in [1.29, 1.82) is 0 Å². The highest BCUT2D eigenvalue weighted by Crippen LogP contribution is 2.29. The van der Waals surface area contributed by atoms with Crippen LogP contribution in [0.5, 0.6) is 0 Å². The molecular weight excluding hydrogens is 311 g/mol. The van der Waals surface area contributed by atoms with Crippen molar-refractivity contribution in [1.82, 2.24) is 0 Å². The number of halogens is 2. The minimum atomic E-state index is -0.492. The summed E-state index contributed by atoms with van der Waals surface area (Å²) in [6, 6.07) is 2.94. The van der Waals surface area contributed by atoms with Gasteiger partial charge in [-0.1, -0.05) is 15.9 Å². The SMILES string of the molecule is CCOC(=O)CSc1cc(Br)cc(F)c1CO. The highest BCUT2D eigenvalue weighted by atomic mass is 79.9. The van der Waals surface area contributed by atoms with Gasteiger partial charge in [-0.25, -0.2) is 4.39 Å². The number of carbonyl (C=O) groups excluding carboxylic acids is 1. The van der Waals surface area contributed by atoms with Crippen molar-refractivity contribution in [2.75, 3.05) is 12.4 Å². The average Bonchev–Trinajstić information content (AvgIpc) is 2.26. The third kappa shape index (κ3) is 4.29. The van der Waals surface area contributed by atoms with Crippen LogP contribution in [0.2, 0.25) is 0 Å². The lowest BCUT2D eigenvalue weighted by atomic mass is 10.2. The maximum absolute atomic E-state index is 13.5. The number of ether oxygens (including phenoxy) is 1. The van der Waals surface area contributed by atoms with E-state index in [-0.39, 0.29) is 17.3 Å². The Hall–Kier alpha value is -0.590. The highest BCUT2D eigenvalue weighted by molar-refractivity contribution is 9.10. The van der Waals surface area contributed by atoms with E-state index in [1.165, 1.54) is 6.07 Å². The molecule has 1 rings (SSSR count). The van der Waals surface area contributed by atoms with Gasteiger partial charge in [-0.2, -0.15) is 0 Å². The standard InChI is InChI=1S/C11H12BrFO3S/c1-2-16-11(15)6-17-10-4-7(12)3-9(13)8(10)5-14/h3-4,14H,2,5-6H2,1H3. The van der Waals surface area contributed by atoms with Crippen LogP contribution in [-0.2, 0) is 16.1 Å². The van der Waals surface area contributed by atoms with Crippen LogP contribution in [0, 0.1) is 5.82 Å². The zero-order chi connectivity index (χ0) is 12.8. The summed E-state index contributed by atoms with van der Waals surface area (Å²) in [6.45, 7) is 1.64. The Morgan fingerprint density at radius 1 is 1.59 bits per heavy atom. The number of aliphatic hydroxyl groups excluding tert-OH is 1. The first kappa shape index (κ1) is 14.5. The van der Waals surface area contributed by atoms with Crippen molar-refractivity contribution < 1.29 is 19.0 Å². The molecule has 1 aromatic rings. The van der Waals surface area contributed by atoms with Gasteiger partial charge >= 0.3 is 5.97 Å². The molecule has 0 spiro atoms. The maximum Gasteiger partial charge on any atom is 0.316 e. The summed E-state index contributed by atoms with van der Waals surface area (Å²) in [5.41, 5.74) is 0.197. The minimum Gasteiger partial charge on any atom is -0.465 e. The Morgan fingerprint density at radius 2 is 2.29 bits per heavy atom. The van der Waals surface area contributed by atoms with Crippen LogP contribution >= 0.6 is 27.7 Å². The van der Waals surface area contributed by atoms with Crippen molar-refractivity contribution in [3.05, 3.63) is 28.0 Å². The van der Waals surface area contributed by atoms with Gasteiger partial charge < -0.3 is 9.84 Å². The van der Waals surface area contributed by atoms with E-state index in [0.717, 1.165) is 11.8 Å². The van der Waals surface area contributed by atoms with Gasteiger partial charge in [0, 0.05) is 14.9 Å². The third-order valence-corrected chi connectivity index (χ3v) is 3.44. The Bertz CT molecular complexity index is 412. The van der Waals surface area contributed by atoms with Gasteiger partial charge in [-0.3, -0.25) is 4.79 Å². The zero-order valence-corrected chi connectivity index (χ0v) is 11.6. The van der Waals surface area contributed by atoms with E-state index in [1.54, 1.807) is 13.0 Å². The lowest BCUT2D eigenvalue weighted by molar-refractivity contribution is -0.139. The fraction of sp³-hybridized carbons (Fsp3) is 0.364. The van der Waals surface area contributed by atoms with Gasteiger partial charge in [-0.15, -0.1) is 11.8 Å².